The zero-order valence-electron chi connectivity index (χ0n) is 14.0. The minimum atomic E-state index is -0.379. The first kappa shape index (κ1) is 19.6. The zero-order valence-corrected chi connectivity index (χ0v) is 15.5. The molecule has 1 atom stereocenters. The number of halogens is 2. The van der Waals surface area contributed by atoms with Gasteiger partial charge in [-0.05, 0) is 42.7 Å². The van der Waals surface area contributed by atoms with Crippen LogP contribution in [0.3, 0.4) is 0 Å². The van der Waals surface area contributed by atoms with Gasteiger partial charge in [-0.3, -0.25) is 0 Å². The van der Waals surface area contributed by atoms with Crippen LogP contribution in [0, 0.1) is 0 Å². The lowest BCUT2D eigenvalue weighted by Gasteiger charge is -2.28. The summed E-state index contributed by atoms with van der Waals surface area (Å²) >= 11 is 6.20. The molecule has 25 heavy (non-hydrogen) atoms. The molecule has 1 N–H and O–H groups in total. The Hall–Kier alpha value is -1.75. The summed E-state index contributed by atoms with van der Waals surface area (Å²) in [5, 5.41) is 4.15. The fourth-order valence-corrected chi connectivity index (χ4v) is 3.18. The Morgan fingerprint density at radius 3 is 2.84 bits per heavy atom. The van der Waals surface area contributed by atoms with Crippen LogP contribution in [0.5, 0.6) is 5.75 Å². The lowest BCUT2D eigenvalue weighted by Crippen LogP contribution is -2.31. The van der Waals surface area contributed by atoms with Gasteiger partial charge in [-0.1, -0.05) is 35.9 Å². The maximum atomic E-state index is 11.6. The van der Waals surface area contributed by atoms with E-state index in [1.165, 1.54) is 11.1 Å². The van der Waals surface area contributed by atoms with Crippen molar-refractivity contribution in [1.82, 2.24) is 5.32 Å². The second kappa shape index (κ2) is 9.09. The Morgan fingerprint density at radius 1 is 1.24 bits per heavy atom. The summed E-state index contributed by atoms with van der Waals surface area (Å²) in [4.78, 5) is 11.6. The van der Waals surface area contributed by atoms with Crippen LogP contribution < -0.4 is 10.1 Å². The third-order valence-electron chi connectivity index (χ3n) is 4.04. The molecule has 1 aliphatic rings. The van der Waals surface area contributed by atoms with Crippen molar-refractivity contribution in [2.24, 2.45) is 0 Å². The Labute approximate surface area is 158 Å². The van der Waals surface area contributed by atoms with Gasteiger partial charge in [0.25, 0.3) is 0 Å². The molecule has 6 heteroatoms. The third-order valence-corrected chi connectivity index (χ3v) is 4.28. The number of carbonyl (C=O) groups excluding carboxylic acids is 1. The van der Waals surface area contributed by atoms with Gasteiger partial charge in [0.2, 0.25) is 0 Å². The fourth-order valence-electron chi connectivity index (χ4n) is 3.00. The molecule has 0 aromatic heterocycles. The minimum Gasteiger partial charge on any atom is -0.482 e. The van der Waals surface area contributed by atoms with Crippen LogP contribution in [0.4, 0.5) is 0 Å². The Balaban J connectivity index is 0.00000225. The molecule has 1 aliphatic heterocycles. The van der Waals surface area contributed by atoms with E-state index in [9.17, 15) is 4.79 Å². The Bertz CT molecular complexity index is 736. The van der Waals surface area contributed by atoms with Crippen LogP contribution >= 0.6 is 24.0 Å². The average molecular weight is 382 g/mol. The molecular weight excluding hydrogens is 361 g/mol. The van der Waals surface area contributed by atoms with Gasteiger partial charge < -0.3 is 14.8 Å². The molecule has 3 rings (SSSR count). The van der Waals surface area contributed by atoms with E-state index >= 15 is 0 Å². The van der Waals surface area contributed by atoms with Crippen molar-refractivity contribution in [2.45, 2.75) is 19.4 Å². The predicted octanol–water partition coefficient (Wildman–Crippen LogP) is 3.94. The van der Waals surface area contributed by atoms with Crippen LogP contribution in [0.25, 0.3) is 0 Å². The molecule has 0 fully saturated rings. The van der Waals surface area contributed by atoms with E-state index in [0.29, 0.717) is 17.4 Å². The lowest BCUT2D eigenvalue weighted by molar-refractivity contribution is -0.145. The van der Waals surface area contributed by atoms with Crippen LogP contribution in [-0.4, -0.2) is 25.7 Å². The van der Waals surface area contributed by atoms with Crippen molar-refractivity contribution in [2.75, 3.05) is 19.8 Å². The van der Waals surface area contributed by atoms with E-state index in [1.807, 2.05) is 12.1 Å². The number of hydrogen-bond acceptors (Lipinski definition) is 4. The summed E-state index contributed by atoms with van der Waals surface area (Å²) in [6.45, 7) is 2.88. The van der Waals surface area contributed by atoms with E-state index in [1.54, 1.807) is 19.1 Å². The number of carbonyl (C=O) groups is 1. The van der Waals surface area contributed by atoms with Crippen molar-refractivity contribution < 1.29 is 14.3 Å². The van der Waals surface area contributed by atoms with Crippen molar-refractivity contribution in [3.05, 3.63) is 64.2 Å². The maximum absolute atomic E-state index is 11.6. The first-order valence-electron chi connectivity index (χ1n) is 8.08. The summed E-state index contributed by atoms with van der Waals surface area (Å²) in [5.74, 6) is 0.261. The maximum Gasteiger partial charge on any atom is 0.344 e. The van der Waals surface area contributed by atoms with E-state index < -0.39 is 0 Å². The van der Waals surface area contributed by atoms with Crippen LogP contribution in [-0.2, 0) is 16.0 Å². The van der Waals surface area contributed by atoms with Crippen molar-refractivity contribution in [1.29, 1.82) is 0 Å². The SMILES string of the molecule is CCOC(=O)COc1ccc(Cl)cc1[C@H]1NCCc2ccccc21.Cl. The largest absolute Gasteiger partial charge is 0.482 e. The fraction of sp³-hybridized carbons (Fsp3) is 0.316. The van der Waals surface area contributed by atoms with Gasteiger partial charge in [0.05, 0.1) is 12.6 Å². The number of rotatable bonds is 5. The smallest absolute Gasteiger partial charge is 0.344 e. The topological polar surface area (TPSA) is 47.6 Å². The van der Waals surface area contributed by atoms with Crippen molar-refractivity contribution >= 4 is 30.0 Å². The molecule has 0 bridgehead atoms. The number of fused-ring (bicyclic) bond motifs is 1. The first-order chi connectivity index (χ1) is 11.7. The van der Waals surface area contributed by atoms with Crippen molar-refractivity contribution in [3.63, 3.8) is 0 Å². The Morgan fingerprint density at radius 2 is 2.04 bits per heavy atom. The van der Waals surface area contributed by atoms with E-state index in [0.717, 1.165) is 18.5 Å². The van der Waals surface area contributed by atoms with Crippen LogP contribution in [0.15, 0.2) is 42.5 Å². The molecule has 2 aromatic rings. The molecule has 0 unspecified atom stereocenters. The summed E-state index contributed by atoms with van der Waals surface area (Å²) in [5.41, 5.74) is 3.46. The lowest BCUT2D eigenvalue weighted by atomic mass is 9.89. The monoisotopic (exact) mass is 381 g/mol. The molecule has 1 heterocycles. The molecule has 0 saturated heterocycles. The van der Waals surface area contributed by atoms with Gasteiger partial charge >= 0.3 is 5.97 Å². The van der Waals surface area contributed by atoms with E-state index in [2.05, 4.69) is 23.5 Å². The van der Waals surface area contributed by atoms with Gasteiger partial charge in [0.1, 0.15) is 5.75 Å². The number of ether oxygens (including phenoxy) is 2. The second-order valence-corrected chi connectivity index (χ2v) is 6.05. The first-order valence-corrected chi connectivity index (χ1v) is 8.46. The highest BCUT2D eigenvalue weighted by atomic mass is 35.5. The molecule has 0 aliphatic carbocycles. The highest BCUT2D eigenvalue weighted by Gasteiger charge is 2.24. The van der Waals surface area contributed by atoms with Gasteiger partial charge in [-0.15, -0.1) is 12.4 Å². The van der Waals surface area contributed by atoms with Crippen molar-refractivity contribution in [3.8, 4) is 5.75 Å². The quantitative estimate of drug-likeness (QED) is 0.796. The van der Waals surface area contributed by atoms with Gasteiger partial charge in [-0.2, -0.15) is 0 Å². The molecule has 0 spiro atoms. The summed E-state index contributed by atoms with van der Waals surface area (Å²) < 4.78 is 10.6. The van der Waals surface area contributed by atoms with E-state index in [-0.39, 0.29) is 31.0 Å². The average Bonchev–Trinajstić information content (AvgIpc) is 2.60. The normalized spacial score (nSPS) is 15.7. The number of hydrogen-bond donors (Lipinski definition) is 1. The molecule has 2 aromatic carbocycles. The summed E-state index contributed by atoms with van der Waals surface area (Å²) in [6, 6.07) is 13.8. The Kier molecular flexibility index (Phi) is 7.12. The second-order valence-electron chi connectivity index (χ2n) is 5.61. The number of nitrogens with one attached hydrogen (secondary N) is 1. The predicted molar refractivity (Wildman–Crippen MR) is 101 cm³/mol. The van der Waals surface area contributed by atoms with Crippen LogP contribution in [0.2, 0.25) is 5.02 Å². The highest BCUT2D eigenvalue weighted by molar-refractivity contribution is 6.30. The molecule has 134 valence electrons. The molecule has 0 saturated carbocycles. The standard InChI is InChI=1S/C19H20ClNO3.ClH/c1-2-23-18(22)12-24-17-8-7-14(20)11-16(17)19-15-6-4-3-5-13(15)9-10-21-19;/h3-8,11,19,21H,2,9-10,12H2,1H3;1H/t19-;/m0./s1. The van der Waals surface area contributed by atoms with Gasteiger partial charge in [0.15, 0.2) is 6.61 Å². The zero-order chi connectivity index (χ0) is 16.9. The van der Waals surface area contributed by atoms with Gasteiger partial charge in [-0.25, -0.2) is 4.79 Å². The summed E-state index contributed by atoms with van der Waals surface area (Å²) in [7, 11) is 0. The minimum absolute atomic E-state index is 0. The summed E-state index contributed by atoms with van der Waals surface area (Å²) in [6.07, 6.45) is 0.992. The number of esters is 1. The molecule has 4 nitrogen and oxygen atoms in total. The highest BCUT2D eigenvalue weighted by Crippen LogP contribution is 2.35. The van der Waals surface area contributed by atoms with Crippen LogP contribution in [0.1, 0.15) is 29.7 Å². The van der Waals surface area contributed by atoms with E-state index in [4.69, 9.17) is 21.1 Å². The van der Waals surface area contributed by atoms with Gasteiger partial charge in [0, 0.05) is 17.1 Å². The molecule has 0 radical (unpaired) electrons. The third kappa shape index (κ3) is 4.66. The molecule has 0 amide bonds. The number of benzene rings is 2. The molecular formula is C19H21Cl2NO3.